The van der Waals surface area contributed by atoms with Crippen molar-refractivity contribution in [2.75, 3.05) is 6.54 Å². The highest BCUT2D eigenvalue weighted by molar-refractivity contribution is 5.73. The van der Waals surface area contributed by atoms with Crippen LogP contribution in [0, 0.1) is 5.92 Å². The van der Waals surface area contributed by atoms with Crippen molar-refractivity contribution in [2.24, 2.45) is 5.92 Å². The first-order chi connectivity index (χ1) is 7.61. The molecule has 1 atom stereocenters. The number of carboxylic acid groups (broad SMARTS) is 1. The predicted octanol–water partition coefficient (Wildman–Crippen LogP) is 1.93. The van der Waals surface area contributed by atoms with Crippen LogP contribution in [0.5, 0.6) is 0 Å². The van der Waals surface area contributed by atoms with Crippen LogP contribution in [0.25, 0.3) is 0 Å². The first-order valence-electron chi connectivity index (χ1n) is 5.61. The number of hydrogen-bond acceptors (Lipinski definition) is 2. The Labute approximate surface area is 96.5 Å². The normalized spacial score (nSPS) is 12.7. The highest BCUT2D eigenvalue weighted by Crippen LogP contribution is 2.03. The molecule has 1 unspecified atom stereocenters. The van der Waals surface area contributed by atoms with Gasteiger partial charge in [-0.1, -0.05) is 44.2 Å². The predicted molar refractivity (Wildman–Crippen MR) is 64.4 cm³/mol. The standard InChI is InChI=1S/C13H19NO2/c1-10(2)12(13(15)16)14-9-8-11-6-4-3-5-7-11/h3-7,10,12,14H,8-9H2,1-2H3,(H,15,16). The van der Waals surface area contributed by atoms with E-state index in [1.807, 2.05) is 44.2 Å². The van der Waals surface area contributed by atoms with Gasteiger partial charge in [-0.05, 0) is 24.4 Å². The van der Waals surface area contributed by atoms with Crippen LogP contribution >= 0.6 is 0 Å². The fourth-order valence-electron chi connectivity index (χ4n) is 1.62. The van der Waals surface area contributed by atoms with Crippen LogP contribution in [0.2, 0.25) is 0 Å². The van der Waals surface area contributed by atoms with Gasteiger partial charge in [0.25, 0.3) is 0 Å². The number of carbonyl (C=O) groups is 1. The summed E-state index contributed by atoms with van der Waals surface area (Å²) >= 11 is 0. The summed E-state index contributed by atoms with van der Waals surface area (Å²) in [6.45, 7) is 4.52. The zero-order valence-corrected chi connectivity index (χ0v) is 9.81. The van der Waals surface area contributed by atoms with Gasteiger partial charge in [0.2, 0.25) is 0 Å². The second kappa shape index (κ2) is 6.28. The molecular formula is C13H19NO2. The van der Waals surface area contributed by atoms with Crippen LogP contribution in [0.4, 0.5) is 0 Å². The fraction of sp³-hybridized carbons (Fsp3) is 0.462. The molecule has 0 saturated carbocycles. The monoisotopic (exact) mass is 221 g/mol. The highest BCUT2D eigenvalue weighted by atomic mass is 16.4. The fourth-order valence-corrected chi connectivity index (χ4v) is 1.62. The van der Waals surface area contributed by atoms with E-state index in [0.29, 0.717) is 6.54 Å². The molecule has 0 aliphatic rings. The maximum atomic E-state index is 10.9. The minimum absolute atomic E-state index is 0.105. The van der Waals surface area contributed by atoms with Gasteiger partial charge in [-0.2, -0.15) is 0 Å². The van der Waals surface area contributed by atoms with Crippen LogP contribution in [-0.4, -0.2) is 23.7 Å². The molecule has 0 bridgehead atoms. The maximum absolute atomic E-state index is 10.9. The molecule has 1 rings (SSSR count). The molecule has 0 saturated heterocycles. The third-order valence-corrected chi connectivity index (χ3v) is 2.55. The molecule has 0 spiro atoms. The van der Waals surface area contributed by atoms with E-state index in [-0.39, 0.29) is 5.92 Å². The van der Waals surface area contributed by atoms with Crippen LogP contribution in [0.1, 0.15) is 19.4 Å². The van der Waals surface area contributed by atoms with E-state index in [1.165, 1.54) is 5.56 Å². The van der Waals surface area contributed by atoms with Crippen molar-refractivity contribution >= 4 is 5.97 Å². The molecule has 16 heavy (non-hydrogen) atoms. The molecule has 0 fully saturated rings. The number of rotatable bonds is 6. The average molecular weight is 221 g/mol. The van der Waals surface area contributed by atoms with Gasteiger partial charge in [-0.3, -0.25) is 4.79 Å². The quantitative estimate of drug-likeness (QED) is 0.771. The molecule has 3 heteroatoms. The van der Waals surface area contributed by atoms with Gasteiger partial charge in [0, 0.05) is 0 Å². The molecule has 0 aliphatic heterocycles. The first kappa shape index (κ1) is 12.7. The molecule has 88 valence electrons. The summed E-state index contributed by atoms with van der Waals surface area (Å²) in [5, 5.41) is 12.0. The van der Waals surface area contributed by atoms with Gasteiger partial charge in [-0.15, -0.1) is 0 Å². The Bertz CT molecular complexity index is 322. The largest absolute Gasteiger partial charge is 0.480 e. The SMILES string of the molecule is CC(C)C(NCCc1ccccc1)C(=O)O. The smallest absolute Gasteiger partial charge is 0.320 e. The Kier molecular flexibility index (Phi) is 4.99. The second-order valence-electron chi connectivity index (χ2n) is 4.25. The van der Waals surface area contributed by atoms with E-state index in [2.05, 4.69) is 5.32 Å². The van der Waals surface area contributed by atoms with Crippen molar-refractivity contribution in [3.8, 4) is 0 Å². The first-order valence-corrected chi connectivity index (χ1v) is 5.61. The molecule has 3 nitrogen and oxygen atoms in total. The Balaban J connectivity index is 2.37. The number of hydrogen-bond donors (Lipinski definition) is 2. The van der Waals surface area contributed by atoms with Crippen LogP contribution in [-0.2, 0) is 11.2 Å². The summed E-state index contributed by atoms with van der Waals surface area (Å²) in [4.78, 5) is 10.9. The van der Waals surface area contributed by atoms with E-state index < -0.39 is 12.0 Å². The van der Waals surface area contributed by atoms with Crippen LogP contribution < -0.4 is 5.32 Å². The summed E-state index contributed by atoms with van der Waals surface area (Å²) in [5.41, 5.74) is 1.22. The van der Waals surface area contributed by atoms with Gasteiger partial charge < -0.3 is 10.4 Å². The zero-order chi connectivity index (χ0) is 12.0. The summed E-state index contributed by atoms with van der Waals surface area (Å²) in [5.74, 6) is -0.670. The van der Waals surface area contributed by atoms with Crippen LogP contribution in [0.3, 0.4) is 0 Å². The lowest BCUT2D eigenvalue weighted by molar-refractivity contribution is -0.140. The maximum Gasteiger partial charge on any atom is 0.320 e. The number of benzene rings is 1. The molecular weight excluding hydrogens is 202 g/mol. The van der Waals surface area contributed by atoms with Gasteiger partial charge in [0.15, 0.2) is 0 Å². The number of aliphatic carboxylic acids is 1. The Morgan fingerprint density at radius 1 is 1.31 bits per heavy atom. The van der Waals surface area contributed by atoms with E-state index in [9.17, 15) is 4.79 Å². The average Bonchev–Trinajstić information content (AvgIpc) is 2.24. The van der Waals surface area contributed by atoms with Gasteiger partial charge in [0.05, 0.1) is 0 Å². The lowest BCUT2D eigenvalue weighted by Crippen LogP contribution is -2.41. The summed E-state index contributed by atoms with van der Waals surface area (Å²) in [6.07, 6.45) is 0.858. The minimum Gasteiger partial charge on any atom is -0.480 e. The summed E-state index contributed by atoms with van der Waals surface area (Å²) < 4.78 is 0. The molecule has 0 heterocycles. The van der Waals surface area contributed by atoms with Gasteiger partial charge >= 0.3 is 5.97 Å². The van der Waals surface area contributed by atoms with Crippen molar-refractivity contribution in [1.29, 1.82) is 0 Å². The lowest BCUT2D eigenvalue weighted by atomic mass is 10.0. The lowest BCUT2D eigenvalue weighted by Gasteiger charge is -2.17. The Morgan fingerprint density at radius 3 is 2.44 bits per heavy atom. The molecule has 1 aromatic rings. The van der Waals surface area contributed by atoms with E-state index in [4.69, 9.17) is 5.11 Å². The third kappa shape index (κ3) is 4.03. The highest BCUT2D eigenvalue weighted by Gasteiger charge is 2.19. The van der Waals surface area contributed by atoms with E-state index >= 15 is 0 Å². The van der Waals surface area contributed by atoms with Gasteiger partial charge in [-0.25, -0.2) is 0 Å². The molecule has 0 aromatic heterocycles. The summed E-state index contributed by atoms with van der Waals surface area (Å²) in [7, 11) is 0. The second-order valence-corrected chi connectivity index (χ2v) is 4.25. The Morgan fingerprint density at radius 2 is 1.94 bits per heavy atom. The molecule has 0 amide bonds. The molecule has 0 radical (unpaired) electrons. The van der Waals surface area contributed by atoms with Crippen molar-refractivity contribution < 1.29 is 9.90 Å². The van der Waals surface area contributed by atoms with Gasteiger partial charge in [0.1, 0.15) is 6.04 Å². The van der Waals surface area contributed by atoms with Crippen molar-refractivity contribution in [1.82, 2.24) is 5.32 Å². The topological polar surface area (TPSA) is 49.3 Å². The van der Waals surface area contributed by atoms with Crippen molar-refractivity contribution in [3.63, 3.8) is 0 Å². The minimum atomic E-state index is -0.775. The zero-order valence-electron chi connectivity index (χ0n) is 9.81. The number of nitrogens with one attached hydrogen (secondary N) is 1. The third-order valence-electron chi connectivity index (χ3n) is 2.55. The van der Waals surface area contributed by atoms with E-state index in [0.717, 1.165) is 6.42 Å². The molecule has 2 N–H and O–H groups in total. The number of carboxylic acids is 1. The van der Waals surface area contributed by atoms with Crippen LogP contribution in [0.15, 0.2) is 30.3 Å². The molecule has 0 aliphatic carbocycles. The summed E-state index contributed by atoms with van der Waals surface area (Å²) in [6, 6.07) is 9.60. The Hall–Kier alpha value is -1.35. The van der Waals surface area contributed by atoms with Crippen molar-refractivity contribution in [3.05, 3.63) is 35.9 Å². The molecule has 1 aromatic carbocycles. The van der Waals surface area contributed by atoms with E-state index in [1.54, 1.807) is 0 Å². The van der Waals surface area contributed by atoms with Crippen molar-refractivity contribution in [2.45, 2.75) is 26.3 Å².